The van der Waals surface area contributed by atoms with Gasteiger partial charge in [-0.3, -0.25) is 4.79 Å². The van der Waals surface area contributed by atoms with E-state index in [0.717, 1.165) is 45.4 Å². The molecule has 1 heterocycles. The first-order valence-corrected chi connectivity index (χ1v) is 10.4. The Hall–Kier alpha value is -2.27. The van der Waals surface area contributed by atoms with E-state index in [1.54, 1.807) is 0 Å². The van der Waals surface area contributed by atoms with Crippen LogP contribution in [-0.2, 0) is 15.6 Å². The van der Waals surface area contributed by atoms with Gasteiger partial charge in [-0.25, -0.2) is 9.97 Å². The first-order valence-electron chi connectivity index (χ1n) is 9.65. The van der Waals surface area contributed by atoms with Crippen LogP contribution < -0.4 is 5.32 Å². The van der Waals surface area contributed by atoms with Crippen molar-refractivity contribution in [3.05, 3.63) is 64.4 Å². The maximum Gasteiger partial charge on any atom is 0.237 e. The lowest BCUT2D eigenvalue weighted by Crippen LogP contribution is -2.48. The molecule has 4 nitrogen and oxygen atoms in total. The van der Waals surface area contributed by atoms with Crippen LogP contribution >= 0.6 is 15.9 Å². The third kappa shape index (κ3) is 1.98. The van der Waals surface area contributed by atoms with Crippen molar-refractivity contribution in [1.82, 2.24) is 9.97 Å². The Morgan fingerprint density at radius 3 is 2.21 bits per heavy atom. The van der Waals surface area contributed by atoms with Gasteiger partial charge in [0.05, 0.1) is 33.5 Å². The van der Waals surface area contributed by atoms with Crippen LogP contribution in [0.2, 0.25) is 0 Å². The second kappa shape index (κ2) is 5.63. The van der Waals surface area contributed by atoms with Crippen molar-refractivity contribution in [3.8, 4) is 0 Å². The summed E-state index contributed by atoms with van der Waals surface area (Å²) in [5.74, 6) is 0.0106. The molecule has 0 saturated heterocycles. The molecule has 1 fully saturated rings. The third-order valence-corrected chi connectivity index (χ3v) is 8.15. The monoisotopic (exact) mass is 435 g/mol. The summed E-state index contributed by atoms with van der Waals surface area (Å²) in [6.45, 7) is 6.65. The number of carbonyl (C=O) groups excluding carboxylic acids is 1. The Morgan fingerprint density at radius 1 is 0.929 bits per heavy atom. The van der Waals surface area contributed by atoms with Gasteiger partial charge < -0.3 is 5.32 Å². The summed E-state index contributed by atoms with van der Waals surface area (Å²) >= 11 is 3.54. The molecule has 2 aromatic carbocycles. The number of carbonyl (C=O) groups is 1. The number of benzene rings is 2. The third-order valence-electron chi connectivity index (χ3n) is 7.45. The Kier molecular flexibility index (Phi) is 3.58. The fourth-order valence-corrected chi connectivity index (χ4v) is 5.72. The number of amides is 1. The Morgan fingerprint density at radius 2 is 1.54 bits per heavy atom. The quantitative estimate of drug-likeness (QED) is 0.589. The van der Waals surface area contributed by atoms with Crippen molar-refractivity contribution in [2.45, 2.75) is 44.4 Å². The standard InChI is InChI=1S/C23H22BrN3O/c1-21(2)22(3)12-13-23(21,20(28)27-15-9-5-4-8-14(15)24)19-18(22)25-16-10-6-7-11-17(16)26-19/h4-11H,12-13H2,1-3H3,(H,27,28)/t22-,23-/m1/s1. The van der Waals surface area contributed by atoms with Gasteiger partial charge in [-0.1, -0.05) is 45.0 Å². The first-order chi connectivity index (χ1) is 13.3. The smallest absolute Gasteiger partial charge is 0.237 e. The molecule has 2 aliphatic rings. The zero-order chi connectivity index (χ0) is 19.7. The van der Waals surface area contributed by atoms with E-state index >= 15 is 0 Å². The fourth-order valence-electron chi connectivity index (χ4n) is 5.34. The number of fused-ring (bicyclic) bond motifs is 6. The molecule has 0 spiro atoms. The molecule has 0 radical (unpaired) electrons. The predicted molar refractivity (Wildman–Crippen MR) is 114 cm³/mol. The van der Waals surface area contributed by atoms with Gasteiger partial charge in [0.25, 0.3) is 0 Å². The van der Waals surface area contributed by atoms with Crippen LogP contribution in [0.4, 0.5) is 5.69 Å². The van der Waals surface area contributed by atoms with Gasteiger partial charge in [-0.2, -0.15) is 0 Å². The minimum Gasteiger partial charge on any atom is -0.324 e. The number of nitrogens with one attached hydrogen (secondary N) is 1. The van der Waals surface area contributed by atoms with Crippen LogP contribution in [0.1, 0.15) is 45.0 Å². The lowest BCUT2D eigenvalue weighted by atomic mass is 9.63. The van der Waals surface area contributed by atoms with E-state index in [1.807, 2.05) is 48.5 Å². The van der Waals surface area contributed by atoms with Crippen LogP contribution in [0, 0.1) is 5.41 Å². The molecule has 28 heavy (non-hydrogen) atoms. The summed E-state index contributed by atoms with van der Waals surface area (Å²) in [5.41, 5.74) is 3.22. The molecule has 0 aliphatic heterocycles. The van der Waals surface area contributed by atoms with E-state index in [-0.39, 0.29) is 16.7 Å². The van der Waals surface area contributed by atoms with Gasteiger partial charge >= 0.3 is 0 Å². The van der Waals surface area contributed by atoms with Crippen molar-refractivity contribution < 1.29 is 4.79 Å². The Balaban J connectivity index is 1.72. The largest absolute Gasteiger partial charge is 0.324 e. The fraction of sp³-hybridized carbons (Fsp3) is 0.348. The number of para-hydroxylation sites is 3. The minimum absolute atomic E-state index is 0.0106. The number of halogens is 1. The zero-order valence-electron chi connectivity index (χ0n) is 16.2. The number of aromatic nitrogens is 2. The molecule has 1 N–H and O–H groups in total. The lowest BCUT2D eigenvalue weighted by molar-refractivity contribution is -0.125. The summed E-state index contributed by atoms with van der Waals surface area (Å²) in [5, 5.41) is 3.18. The summed E-state index contributed by atoms with van der Waals surface area (Å²) in [7, 11) is 0. The highest BCUT2D eigenvalue weighted by Crippen LogP contribution is 2.70. The topological polar surface area (TPSA) is 54.9 Å². The first kappa shape index (κ1) is 17.8. The normalized spacial score (nSPS) is 27.0. The van der Waals surface area contributed by atoms with Crippen molar-refractivity contribution in [2.24, 2.45) is 5.41 Å². The molecule has 3 aromatic rings. The molecule has 1 amide bonds. The molecule has 2 atom stereocenters. The van der Waals surface area contributed by atoms with E-state index in [9.17, 15) is 4.79 Å². The maximum absolute atomic E-state index is 13.8. The van der Waals surface area contributed by atoms with E-state index in [1.165, 1.54) is 0 Å². The van der Waals surface area contributed by atoms with Crippen LogP contribution in [0.3, 0.4) is 0 Å². The van der Waals surface area contributed by atoms with Crippen molar-refractivity contribution in [1.29, 1.82) is 0 Å². The number of hydrogen-bond donors (Lipinski definition) is 1. The highest BCUT2D eigenvalue weighted by molar-refractivity contribution is 9.10. The van der Waals surface area contributed by atoms with Crippen molar-refractivity contribution in [3.63, 3.8) is 0 Å². The van der Waals surface area contributed by atoms with Crippen LogP contribution in [0.5, 0.6) is 0 Å². The zero-order valence-corrected chi connectivity index (χ0v) is 17.8. The van der Waals surface area contributed by atoms with E-state index < -0.39 is 5.41 Å². The molecular weight excluding hydrogens is 414 g/mol. The maximum atomic E-state index is 13.8. The van der Waals surface area contributed by atoms with Gasteiger partial charge in [-0.05, 0) is 58.5 Å². The van der Waals surface area contributed by atoms with Crippen molar-refractivity contribution >= 4 is 38.6 Å². The average Bonchev–Trinajstić information content (AvgIpc) is 2.98. The molecule has 0 unspecified atom stereocenters. The van der Waals surface area contributed by atoms with Gasteiger partial charge in [0, 0.05) is 9.89 Å². The Bertz CT molecular complexity index is 1140. The molecule has 5 rings (SSSR count). The second-order valence-corrected chi connectivity index (χ2v) is 9.56. The van der Waals surface area contributed by atoms with Crippen LogP contribution in [-0.4, -0.2) is 15.9 Å². The van der Waals surface area contributed by atoms with E-state index in [0.29, 0.717) is 0 Å². The SMILES string of the molecule is CC1(C)[C@]2(C(=O)Nc3ccccc3Br)CC[C@]1(C)c1nc3ccccc3nc12. The number of hydrogen-bond acceptors (Lipinski definition) is 3. The van der Waals surface area contributed by atoms with Crippen LogP contribution in [0.25, 0.3) is 11.0 Å². The highest BCUT2D eigenvalue weighted by atomic mass is 79.9. The van der Waals surface area contributed by atoms with Crippen molar-refractivity contribution in [2.75, 3.05) is 5.32 Å². The molecule has 1 saturated carbocycles. The summed E-state index contributed by atoms with van der Waals surface area (Å²) in [4.78, 5) is 23.8. The molecule has 1 aromatic heterocycles. The van der Waals surface area contributed by atoms with Crippen LogP contribution in [0.15, 0.2) is 53.0 Å². The van der Waals surface area contributed by atoms with E-state index in [2.05, 4.69) is 42.0 Å². The lowest BCUT2D eigenvalue weighted by Gasteiger charge is -2.39. The second-order valence-electron chi connectivity index (χ2n) is 8.71. The summed E-state index contributed by atoms with van der Waals surface area (Å²) in [6.07, 6.45) is 1.72. The van der Waals surface area contributed by atoms with Gasteiger partial charge in [-0.15, -0.1) is 0 Å². The minimum atomic E-state index is -0.691. The molecule has 142 valence electrons. The number of nitrogens with zero attached hydrogens (tertiary/aromatic N) is 2. The number of rotatable bonds is 2. The summed E-state index contributed by atoms with van der Waals surface area (Å²) in [6, 6.07) is 15.7. The van der Waals surface area contributed by atoms with Gasteiger partial charge in [0.2, 0.25) is 5.91 Å². The predicted octanol–water partition coefficient (Wildman–Crippen LogP) is 5.36. The van der Waals surface area contributed by atoms with E-state index in [4.69, 9.17) is 9.97 Å². The van der Waals surface area contributed by atoms with Gasteiger partial charge in [0.1, 0.15) is 0 Å². The van der Waals surface area contributed by atoms with Gasteiger partial charge in [0.15, 0.2) is 0 Å². The molecular formula is C23H22BrN3O. The number of anilines is 1. The molecule has 2 bridgehead atoms. The average molecular weight is 436 g/mol. The molecule has 5 heteroatoms. The Labute approximate surface area is 172 Å². The highest BCUT2D eigenvalue weighted by Gasteiger charge is 2.73. The molecule has 2 aliphatic carbocycles. The summed E-state index contributed by atoms with van der Waals surface area (Å²) < 4.78 is 0.876.